The molecule has 0 spiro atoms. The lowest BCUT2D eigenvalue weighted by Crippen LogP contribution is -2.58. The first kappa shape index (κ1) is 28.4. The van der Waals surface area contributed by atoms with Crippen molar-refractivity contribution >= 4 is 29.7 Å². The van der Waals surface area contributed by atoms with Crippen LogP contribution in [0.2, 0.25) is 0 Å². The van der Waals surface area contributed by atoms with Gasteiger partial charge in [0.05, 0.1) is 12.5 Å². The molecule has 1 aromatic rings. The Bertz CT molecular complexity index is 889. The summed E-state index contributed by atoms with van der Waals surface area (Å²) in [6.45, 7) is 4.83. The zero-order valence-corrected chi connectivity index (χ0v) is 19.3. The van der Waals surface area contributed by atoms with Crippen LogP contribution in [-0.2, 0) is 30.4 Å². The molecule has 0 saturated carbocycles. The SMILES string of the molecule is CCC(C)C(NC(=O)C(N)CC(=O)O)C(=O)NC(C)C(=O)NC(Cc1ccc(O)cc1)C(=O)O. The van der Waals surface area contributed by atoms with E-state index in [4.69, 9.17) is 10.8 Å². The second kappa shape index (κ2) is 13.1. The van der Waals surface area contributed by atoms with E-state index in [1.807, 2.05) is 0 Å². The maximum atomic E-state index is 12.8. The number of aliphatic carboxylic acids is 2. The highest BCUT2D eigenvalue weighted by Gasteiger charge is 2.31. The van der Waals surface area contributed by atoms with Crippen molar-refractivity contribution in [3.63, 3.8) is 0 Å². The molecule has 5 atom stereocenters. The Morgan fingerprint density at radius 1 is 0.912 bits per heavy atom. The van der Waals surface area contributed by atoms with Gasteiger partial charge in [-0.05, 0) is 30.5 Å². The van der Waals surface area contributed by atoms with E-state index in [9.17, 15) is 34.2 Å². The number of amides is 3. The van der Waals surface area contributed by atoms with Crippen LogP contribution in [0.3, 0.4) is 0 Å². The number of nitrogens with two attached hydrogens (primary N) is 1. The standard InChI is InChI=1S/C22H32N4O8/c1-4-11(2)18(26-20(31)15(23)10-17(28)29)21(32)24-12(3)19(30)25-16(22(33)34)9-13-5-7-14(27)8-6-13/h5-8,11-12,15-16,18,27H,4,9-10,23H2,1-3H3,(H,24,32)(H,25,30)(H,26,31)(H,28,29)(H,33,34). The lowest BCUT2D eigenvalue weighted by atomic mass is 9.97. The van der Waals surface area contributed by atoms with Gasteiger partial charge in [-0.15, -0.1) is 0 Å². The summed E-state index contributed by atoms with van der Waals surface area (Å²) in [6.07, 6.45) is -0.174. The molecule has 12 nitrogen and oxygen atoms in total. The summed E-state index contributed by atoms with van der Waals surface area (Å²) >= 11 is 0. The van der Waals surface area contributed by atoms with E-state index in [0.717, 1.165) is 0 Å². The smallest absolute Gasteiger partial charge is 0.326 e. The van der Waals surface area contributed by atoms with Crippen LogP contribution in [0.1, 0.15) is 39.2 Å². The van der Waals surface area contributed by atoms with E-state index in [2.05, 4.69) is 16.0 Å². The molecule has 1 aromatic carbocycles. The average molecular weight is 481 g/mol. The number of hydrogen-bond acceptors (Lipinski definition) is 7. The molecule has 0 aromatic heterocycles. The molecule has 0 saturated heterocycles. The maximum absolute atomic E-state index is 12.8. The van der Waals surface area contributed by atoms with Crippen molar-refractivity contribution in [2.45, 2.75) is 64.2 Å². The van der Waals surface area contributed by atoms with Crippen molar-refractivity contribution in [1.82, 2.24) is 16.0 Å². The third-order valence-corrected chi connectivity index (χ3v) is 5.27. The summed E-state index contributed by atoms with van der Waals surface area (Å²) in [5.74, 6) is -5.16. The van der Waals surface area contributed by atoms with Crippen LogP contribution >= 0.6 is 0 Å². The van der Waals surface area contributed by atoms with Gasteiger partial charge < -0.3 is 37.0 Å². The minimum absolute atomic E-state index is 0.0165. The first-order chi connectivity index (χ1) is 15.8. The molecule has 8 N–H and O–H groups in total. The summed E-state index contributed by atoms with van der Waals surface area (Å²) in [5, 5.41) is 34.8. The van der Waals surface area contributed by atoms with Crippen LogP contribution in [0.15, 0.2) is 24.3 Å². The molecule has 0 bridgehead atoms. The predicted octanol–water partition coefficient (Wildman–Crippen LogP) is -0.658. The fraction of sp³-hybridized carbons (Fsp3) is 0.500. The number of carboxylic acids is 2. The van der Waals surface area contributed by atoms with E-state index < -0.39 is 60.2 Å². The van der Waals surface area contributed by atoms with Crippen LogP contribution < -0.4 is 21.7 Å². The Labute approximate surface area is 196 Å². The van der Waals surface area contributed by atoms with Crippen LogP contribution in [0.5, 0.6) is 5.75 Å². The quantitative estimate of drug-likeness (QED) is 0.191. The summed E-state index contributed by atoms with van der Waals surface area (Å²) < 4.78 is 0. The number of phenolic OH excluding ortho intramolecular Hbond substituents is 1. The van der Waals surface area contributed by atoms with Crippen molar-refractivity contribution in [1.29, 1.82) is 0 Å². The van der Waals surface area contributed by atoms with Crippen molar-refractivity contribution in [2.75, 3.05) is 0 Å². The topological polar surface area (TPSA) is 208 Å². The average Bonchev–Trinajstić information content (AvgIpc) is 2.76. The number of phenols is 1. The Balaban J connectivity index is 2.82. The molecule has 0 radical (unpaired) electrons. The summed E-state index contributed by atoms with van der Waals surface area (Å²) in [4.78, 5) is 59.9. The summed E-state index contributed by atoms with van der Waals surface area (Å²) in [7, 11) is 0. The van der Waals surface area contributed by atoms with E-state index in [1.165, 1.54) is 31.2 Å². The van der Waals surface area contributed by atoms with Gasteiger partial charge in [0.1, 0.15) is 23.9 Å². The lowest BCUT2D eigenvalue weighted by Gasteiger charge is -2.26. The molecule has 0 heterocycles. The fourth-order valence-corrected chi connectivity index (χ4v) is 2.98. The molecule has 0 fully saturated rings. The summed E-state index contributed by atoms with van der Waals surface area (Å²) in [6, 6.07) is 0.984. The number of carbonyl (C=O) groups excluding carboxylic acids is 3. The molecular formula is C22H32N4O8. The van der Waals surface area contributed by atoms with Gasteiger partial charge >= 0.3 is 11.9 Å². The van der Waals surface area contributed by atoms with E-state index in [1.54, 1.807) is 13.8 Å². The maximum Gasteiger partial charge on any atom is 0.326 e. The van der Waals surface area contributed by atoms with Crippen molar-refractivity contribution in [3.05, 3.63) is 29.8 Å². The van der Waals surface area contributed by atoms with Crippen LogP contribution in [-0.4, -0.2) is 69.1 Å². The van der Waals surface area contributed by atoms with E-state index in [-0.39, 0.29) is 18.1 Å². The monoisotopic (exact) mass is 480 g/mol. The first-order valence-corrected chi connectivity index (χ1v) is 10.7. The normalized spacial score (nSPS) is 15.2. The predicted molar refractivity (Wildman–Crippen MR) is 121 cm³/mol. The number of aromatic hydroxyl groups is 1. The van der Waals surface area contributed by atoms with Crippen molar-refractivity contribution < 1.29 is 39.3 Å². The van der Waals surface area contributed by atoms with Gasteiger partial charge in [0, 0.05) is 6.42 Å². The molecule has 0 aliphatic carbocycles. The molecule has 0 aliphatic rings. The molecule has 0 aliphatic heterocycles. The number of carboxylic acid groups (broad SMARTS) is 2. The Hall–Kier alpha value is -3.67. The van der Waals surface area contributed by atoms with Gasteiger partial charge in [0.2, 0.25) is 17.7 Å². The third kappa shape index (κ3) is 9.06. The Morgan fingerprint density at radius 3 is 2.00 bits per heavy atom. The van der Waals surface area contributed by atoms with Gasteiger partial charge in [0.25, 0.3) is 0 Å². The van der Waals surface area contributed by atoms with Gasteiger partial charge in [-0.3, -0.25) is 19.2 Å². The highest BCUT2D eigenvalue weighted by atomic mass is 16.4. The van der Waals surface area contributed by atoms with Gasteiger partial charge in [-0.25, -0.2) is 4.79 Å². The molecule has 3 amide bonds. The Kier molecular flexibility index (Phi) is 11.0. The molecule has 5 unspecified atom stereocenters. The summed E-state index contributed by atoms with van der Waals surface area (Å²) in [5.41, 5.74) is 6.12. The molecule has 1 rings (SSSR count). The van der Waals surface area contributed by atoms with Crippen molar-refractivity contribution in [3.8, 4) is 5.75 Å². The minimum atomic E-state index is -1.35. The van der Waals surface area contributed by atoms with E-state index >= 15 is 0 Å². The van der Waals surface area contributed by atoms with Gasteiger partial charge in [-0.2, -0.15) is 0 Å². The minimum Gasteiger partial charge on any atom is -0.508 e. The van der Waals surface area contributed by atoms with Crippen LogP contribution in [0.4, 0.5) is 0 Å². The van der Waals surface area contributed by atoms with Gasteiger partial charge in [0.15, 0.2) is 0 Å². The molecular weight excluding hydrogens is 448 g/mol. The number of carbonyl (C=O) groups is 5. The highest BCUT2D eigenvalue weighted by molar-refractivity contribution is 5.94. The number of benzene rings is 1. The molecule has 188 valence electrons. The fourth-order valence-electron chi connectivity index (χ4n) is 2.98. The molecule has 34 heavy (non-hydrogen) atoms. The zero-order chi connectivity index (χ0) is 26.0. The second-order valence-electron chi connectivity index (χ2n) is 8.08. The number of hydrogen-bond donors (Lipinski definition) is 7. The zero-order valence-electron chi connectivity index (χ0n) is 19.3. The molecule has 12 heteroatoms. The third-order valence-electron chi connectivity index (χ3n) is 5.27. The Morgan fingerprint density at radius 2 is 1.50 bits per heavy atom. The first-order valence-electron chi connectivity index (χ1n) is 10.7. The number of nitrogens with one attached hydrogen (secondary N) is 3. The van der Waals surface area contributed by atoms with Crippen LogP contribution in [0, 0.1) is 5.92 Å². The number of rotatable bonds is 13. The second-order valence-corrected chi connectivity index (χ2v) is 8.08. The van der Waals surface area contributed by atoms with Crippen LogP contribution in [0.25, 0.3) is 0 Å². The largest absolute Gasteiger partial charge is 0.508 e. The van der Waals surface area contributed by atoms with Crippen molar-refractivity contribution in [2.24, 2.45) is 11.7 Å². The van der Waals surface area contributed by atoms with E-state index in [0.29, 0.717) is 12.0 Å². The van der Waals surface area contributed by atoms with Gasteiger partial charge in [-0.1, -0.05) is 32.4 Å². The highest BCUT2D eigenvalue weighted by Crippen LogP contribution is 2.12. The lowest BCUT2D eigenvalue weighted by molar-refractivity contribution is -0.142.